The number of nitrogens with one attached hydrogen (secondary N) is 1. The number of rotatable bonds is 4. The summed E-state index contributed by atoms with van der Waals surface area (Å²) in [6, 6.07) is 5.61. The molecule has 1 atom stereocenters. The molecule has 1 aliphatic heterocycles. The van der Waals surface area contributed by atoms with Crippen molar-refractivity contribution in [3.8, 4) is 11.5 Å². The normalized spacial score (nSPS) is 14.0. The van der Waals surface area contributed by atoms with Gasteiger partial charge in [-0.25, -0.2) is 4.98 Å². The van der Waals surface area contributed by atoms with Crippen molar-refractivity contribution in [3.63, 3.8) is 0 Å². The number of carbonyl (C=O) groups excluding carboxylic acids is 1. The SMILES string of the molecule is Cc1nc(CC(=O)NC(C)c2ccc3c(c2)OCO3)cs1. The Morgan fingerprint density at radius 3 is 3.00 bits per heavy atom. The molecule has 1 aromatic carbocycles. The lowest BCUT2D eigenvalue weighted by atomic mass is 10.1. The first-order chi connectivity index (χ1) is 10.1. The Morgan fingerprint density at radius 2 is 2.24 bits per heavy atom. The molecule has 3 rings (SSSR count). The molecule has 2 heterocycles. The first kappa shape index (κ1) is 13.9. The molecule has 0 saturated heterocycles. The van der Waals surface area contributed by atoms with Crippen LogP contribution in [0.3, 0.4) is 0 Å². The minimum atomic E-state index is -0.0910. The van der Waals surface area contributed by atoms with Crippen molar-refractivity contribution in [1.29, 1.82) is 0 Å². The topological polar surface area (TPSA) is 60.5 Å². The first-order valence-electron chi connectivity index (χ1n) is 6.72. The molecule has 1 amide bonds. The van der Waals surface area contributed by atoms with E-state index in [1.54, 1.807) is 11.3 Å². The molecule has 21 heavy (non-hydrogen) atoms. The quantitative estimate of drug-likeness (QED) is 0.943. The Kier molecular flexibility index (Phi) is 3.79. The zero-order chi connectivity index (χ0) is 14.8. The molecule has 0 bridgehead atoms. The average molecular weight is 304 g/mol. The molecule has 1 aliphatic rings. The van der Waals surface area contributed by atoms with Crippen molar-refractivity contribution in [2.24, 2.45) is 0 Å². The van der Waals surface area contributed by atoms with Gasteiger partial charge in [0.1, 0.15) is 0 Å². The van der Waals surface area contributed by atoms with Gasteiger partial charge in [0.25, 0.3) is 0 Å². The second-order valence-corrected chi connectivity index (χ2v) is 6.00. The van der Waals surface area contributed by atoms with Crippen LogP contribution in [-0.2, 0) is 11.2 Å². The number of aromatic nitrogens is 1. The molecule has 1 aromatic heterocycles. The lowest BCUT2D eigenvalue weighted by Gasteiger charge is -2.14. The molecule has 2 aromatic rings. The van der Waals surface area contributed by atoms with E-state index in [0.29, 0.717) is 6.42 Å². The Labute approximate surface area is 126 Å². The standard InChI is InChI=1S/C15H16N2O3S/c1-9(11-3-4-13-14(5-11)20-8-19-13)16-15(18)6-12-7-21-10(2)17-12/h3-5,7,9H,6,8H2,1-2H3,(H,16,18). The smallest absolute Gasteiger partial charge is 0.231 e. The third-order valence-electron chi connectivity index (χ3n) is 3.28. The first-order valence-corrected chi connectivity index (χ1v) is 7.59. The van der Waals surface area contributed by atoms with E-state index in [0.717, 1.165) is 27.8 Å². The number of aryl methyl sites for hydroxylation is 1. The van der Waals surface area contributed by atoms with E-state index in [1.165, 1.54) is 0 Å². The van der Waals surface area contributed by atoms with E-state index >= 15 is 0 Å². The molecule has 0 radical (unpaired) electrons. The maximum absolute atomic E-state index is 12.0. The molecule has 6 heteroatoms. The third-order valence-corrected chi connectivity index (χ3v) is 4.10. The van der Waals surface area contributed by atoms with E-state index in [4.69, 9.17) is 9.47 Å². The van der Waals surface area contributed by atoms with Crippen LogP contribution in [0.25, 0.3) is 0 Å². The molecular weight excluding hydrogens is 288 g/mol. The monoisotopic (exact) mass is 304 g/mol. The van der Waals surface area contributed by atoms with E-state index < -0.39 is 0 Å². The fraction of sp³-hybridized carbons (Fsp3) is 0.333. The highest BCUT2D eigenvalue weighted by atomic mass is 32.1. The molecule has 1 unspecified atom stereocenters. The minimum absolute atomic E-state index is 0.0366. The fourth-order valence-corrected chi connectivity index (χ4v) is 2.82. The summed E-state index contributed by atoms with van der Waals surface area (Å²) in [5.74, 6) is 1.43. The van der Waals surface area contributed by atoms with E-state index in [-0.39, 0.29) is 18.7 Å². The fourth-order valence-electron chi connectivity index (χ4n) is 2.21. The summed E-state index contributed by atoms with van der Waals surface area (Å²) in [5, 5.41) is 5.86. The zero-order valence-corrected chi connectivity index (χ0v) is 12.7. The van der Waals surface area contributed by atoms with Crippen LogP contribution in [-0.4, -0.2) is 17.7 Å². The van der Waals surface area contributed by atoms with Crippen molar-refractivity contribution in [3.05, 3.63) is 39.8 Å². The van der Waals surface area contributed by atoms with Gasteiger partial charge < -0.3 is 14.8 Å². The number of thiazole rings is 1. The Hall–Kier alpha value is -2.08. The lowest BCUT2D eigenvalue weighted by Crippen LogP contribution is -2.28. The van der Waals surface area contributed by atoms with Gasteiger partial charge >= 0.3 is 0 Å². The predicted molar refractivity (Wildman–Crippen MR) is 79.7 cm³/mol. The summed E-state index contributed by atoms with van der Waals surface area (Å²) in [6.07, 6.45) is 0.305. The van der Waals surface area contributed by atoms with Crippen LogP contribution in [0.5, 0.6) is 11.5 Å². The van der Waals surface area contributed by atoms with Gasteiger partial charge in [-0.05, 0) is 31.5 Å². The molecule has 1 N–H and O–H groups in total. The summed E-state index contributed by atoms with van der Waals surface area (Å²) < 4.78 is 10.6. The van der Waals surface area contributed by atoms with Gasteiger partial charge in [-0.15, -0.1) is 11.3 Å². The highest BCUT2D eigenvalue weighted by molar-refractivity contribution is 7.09. The van der Waals surface area contributed by atoms with Crippen molar-refractivity contribution in [1.82, 2.24) is 10.3 Å². The molecular formula is C15H16N2O3S. The van der Waals surface area contributed by atoms with Crippen molar-refractivity contribution in [2.45, 2.75) is 26.3 Å². The molecule has 0 saturated carbocycles. The van der Waals surface area contributed by atoms with Crippen LogP contribution >= 0.6 is 11.3 Å². The summed E-state index contributed by atoms with van der Waals surface area (Å²) in [6.45, 7) is 4.13. The summed E-state index contributed by atoms with van der Waals surface area (Å²) >= 11 is 1.55. The number of fused-ring (bicyclic) bond motifs is 1. The van der Waals surface area contributed by atoms with Crippen LogP contribution < -0.4 is 14.8 Å². The lowest BCUT2D eigenvalue weighted by molar-refractivity contribution is -0.121. The number of nitrogens with zero attached hydrogens (tertiary/aromatic N) is 1. The van der Waals surface area contributed by atoms with Crippen LogP contribution in [0.15, 0.2) is 23.6 Å². The largest absolute Gasteiger partial charge is 0.454 e. The summed E-state index contributed by atoms with van der Waals surface area (Å²) in [5.41, 5.74) is 1.80. The van der Waals surface area contributed by atoms with Crippen molar-refractivity contribution < 1.29 is 14.3 Å². The number of benzene rings is 1. The maximum atomic E-state index is 12.0. The van der Waals surface area contributed by atoms with Crippen molar-refractivity contribution in [2.75, 3.05) is 6.79 Å². The highest BCUT2D eigenvalue weighted by Crippen LogP contribution is 2.34. The van der Waals surface area contributed by atoms with Crippen LogP contribution in [0.1, 0.15) is 29.2 Å². The van der Waals surface area contributed by atoms with Crippen LogP contribution in [0.2, 0.25) is 0 Å². The second-order valence-electron chi connectivity index (χ2n) is 4.94. The average Bonchev–Trinajstić information content (AvgIpc) is 3.06. The number of amides is 1. The minimum Gasteiger partial charge on any atom is -0.454 e. The van der Waals surface area contributed by atoms with E-state index in [1.807, 2.05) is 37.4 Å². The highest BCUT2D eigenvalue weighted by Gasteiger charge is 2.17. The van der Waals surface area contributed by atoms with Crippen molar-refractivity contribution >= 4 is 17.2 Å². The van der Waals surface area contributed by atoms with Gasteiger partial charge in [-0.1, -0.05) is 6.07 Å². The third kappa shape index (κ3) is 3.16. The molecule has 0 fully saturated rings. The van der Waals surface area contributed by atoms with E-state index in [2.05, 4.69) is 10.3 Å². The zero-order valence-electron chi connectivity index (χ0n) is 11.9. The van der Waals surface area contributed by atoms with Gasteiger partial charge in [-0.2, -0.15) is 0 Å². The number of hydrogen-bond donors (Lipinski definition) is 1. The van der Waals surface area contributed by atoms with Gasteiger partial charge in [0, 0.05) is 5.38 Å². The Bertz CT molecular complexity index is 669. The van der Waals surface area contributed by atoms with Crippen LogP contribution in [0.4, 0.5) is 0 Å². The molecule has 0 spiro atoms. The van der Waals surface area contributed by atoms with Crippen LogP contribution in [0, 0.1) is 6.92 Å². The van der Waals surface area contributed by atoms with Gasteiger partial charge in [0.2, 0.25) is 12.7 Å². The molecule has 110 valence electrons. The van der Waals surface area contributed by atoms with Gasteiger partial charge in [0.05, 0.1) is 23.2 Å². The Morgan fingerprint density at radius 1 is 1.43 bits per heavy atom. The predicted octanol–water partition coefficient (Wildman–Crippen LogP) is 2.60. The molecule has 0 aliphatic carbocycles. The Balaban J connectivity index is 1.63. The second kappa shape index (κ2) is 5.73. The molecule has 5 nitrogen and oxygen atoms in total. The summed E-state index contributed by atoms with van der Waals surface area (Å²) in [4.78, 5) is 16.3. The number of hydrogen-bond acceptors (Lipinski definition) is 5. The summed E-state index contributed by atoms with van der Waals surface area (Å²) in [7, 11) is 0. The van der Waals surface area contributed by atoms with Gasteiger partial charge in [-0.3, -0.25) is 4.79 Å². The van der Waals surface area contributed by atoms with E-state index in [9.17, 15) is 4.79 Å². The number of carbonyl (C=O) groups is 1. The maximum Gasteiger partial charge on any atom is 0.231 e. The van der Waals surface area contributed by atoms with Gasteiger partial charge in [0.15, 0.2) is 11.5 Å². The number of ether oxygens (including phenoxy) is 2.